The van der Waals surface area contributed by atoms with E-state index >= 15 is 0 Å². The third kappa shape index (κ3) is 2.59. The van der Waals surface area contributed by atoms with Crippen LogP contribution >= 0.6 is 11.6 Å². The van der Waals surface area contributed by atoms with Crippen LogP contribution in [-0.2, 0) is 10.9 Å². The first kappa shape index (κ1) is 15.5. The van der Waals surface area contributed by atoms with Crippen molar-refractivity contribution in [3.63, 3.8) is 0 Å². The zero-order valence-corrected chi connectivity index (χ0v) is 12.4. The quantitative estimate of drug-likeness (QED) is 0.665. The molecule has 0 saturated heterocycles. The van der Waals surface area contributed by atoms with E-state index in [2.05, 4.69) is 9.97 Å². The number of benzene rings is 1. The summed E-state index contributed by atoms with van der Waals surface area (Å²) in [5.74, 6) is -0.676. The zero-order valence-electron chi connectivity index (χ0n) is 11.7. The average molecular weight is 344 g/mol. The van der Waals surface area contributed by atoms with Crippen molar-refractivity contribution in [2.75, 3.05) is 6.61 Å². The molecule has 0 aliphatic rings. The van der Waals surface area contributed by atoms with Gasteiger partial charge in [0.15, 0.2) is 10.8 Å². The highest BCUT2D eigenvalue weighted by atomic mass is 35.5. The summed E-state index contributed by atoms with van der Waals surface area (Å²) in [5, 5.41) is -0.127. The second kappa shape index (κ2) is 5.38. The van der Waals surface area contributed by atoms with Crippen molar-refractivity contribution >= 4 is 34.1 Å². The third-order valence-corrected chi connectivity index (χ3v) is 3.48. The second-order valence-corrected chi connectivity index (χ2v) is 4.99. The Balaban J connectivity index is 2.27. The molecule has 5 nitrogen and oxygen atoms in total. The van der Waals surface area contributed by atoms with E-state index in [9.17, 15) is 18.0 Å². The van der Waals surface area contributed by atoms with Crippen molar-refractivity contribution in [3.8, 4) is 0 Å². The number of rotatable bonds is 2. The molecule has 3 rings (SSSR count). The Labute approximate surface area is 132 Å². The normalized spacial score (nSPS) is 12.0. The van der Waals surface area contributed by atoms with Crippen molar-refractivity contribution in [3.05, 3.63) is 40.9 Å². The smallest absolute Gasteiger partial charge is 0.416 e. The predicted octanol–water partition coefficient (Wildman–Crippen LogP) is 3.73. The van der Waals surface area contributed by atoms with Gasteiger partial charge in [-0.3, -0.25) is 4.40 Å². The zero-order chi connectivity index (χ0) is 16.8. The summed E-state index contributed by atoms with van der Waals surface area (Å²) < 4.78 is 44.6. The highest BCUT2D eigenvalue weighted by molar-refractivity contribution is 6.34. The summed E-state index contributed by atoms with van der Waals surface area (Å²) >= 11 is 6.03. The highest BCUT2D eigenvalue weighted by Crippen LogP contribution is 2.32. The molecular weight excluding hydrogens is 335 g/mol. The fraction of sp³-hybridized carbons (Fsp3) is 0.214. The molecule has 3 aromatic rings. The van der Waals surface area contributed by atoms with E-state index in [4.69, 9.17) is 16.3 Å². The number of aromatic nitrogens is 3. The number of hydrogen-bond donors (Lipinski definition) is 0. The van der Waals surface area contributed by atoms with Crippen LogP contribution in [0.25, 0.3) is 16.6 Å². The van der Waals surface area contributed by atoms with Crippen LogP contribution in [0.4, 0.5) is 13.2 Å². The van der Waals surface area contributed by atoms with Crippen molar-refractivity contribution in [2.45, 2.75) is 13.1 Å². The third-order valence-electron chi connectivity index (χ3n) is 3.21. The van der Waals surface area contributed by atoms with Gasteiger partial charge in [-0.2, -0.15) is 13.2 Å². The van der Waals surface area contributed by atoms with Crippen LogP contribution in [0.15, 0.2) is 24.5 Å². The van der Waals surface area contributed by atoms with Gasteiger partial charge in [0, 0.05) is 0 Å². The van der Waals surface area contributed by atoms with Crippen LogP contribution < -0.4 is 0 Å². The minimum Gasteiger partial charge on any atom is -0.461 e. The Morgan fingerprint density at radius 2 is 2.13 bits per heavy atom. The van der Waals surface area contributed by atoms with Crippen molar-refractivity contribution in [1.29, 1.82) is 0 Å². The number of imidazole rings is 1. The molecule has 23 heavy (non-hydrogen) atoms. The summed E-state index contributed by atoms with van der Waals surface area (Å²) in [6.07, 6.45) is -3.19. The van der Waals surface area contributed by atoms with E-state index in [0.717, 1.165) is 12.1 Å². The lowest BCUT2D eigenvalue weighted by Gasteiger charge is -2.09. The molecule has 2 aromatic heterocycles. The molecule has 120 valence electrons. The Bertz CT molecular complexity index is 921. The molecule has 0 radical (unpaired) electrons. The van der Waals surface area contributed by atoms with E-state index in [1.165, 1.54) is 16.8 Å². The van der Waals surface area contributed by atoms with Crippen molar-refractivity contribution in [1.82, 2.24) is 14.4 Å². The molecule has 0 saturated carbocycles. The van der Waals surface area contributed by atoms with Crippen molar-refractivity contribution in [2.24, 2.45) is 0 Å². The van der Waals surface area contributed by atoms with Gasteiger partial charge in [0.2, 0.25) is 0 Å². The van der Waals surface area contributed by atoms with Crippen molar-refractivity contribution < 1.29 is 22.7 Å². The van der Waals surface area contributed by atoms with Gasteiger partial charge < -0.3 is 4.74 Å². The van der Waals surface area contributed by atoms with E-state index in [1.807, 2.05) is 0 Å². The lowest BCUT2D eigenvalue weighted by Crippen LogP contribution is -2.07. The Hall–Kier alpha value is -2.35. The SMILES string of the molecule is CCOC(=O)c1ncn2c1c(Cl)nc1cc(C(F)(F)F)ccc12. The standard InChI is InChI=1S/C14H9ClF3N3O2/c1-2-23-13(22)10-11-12(15)20-8-5-7(14(16,17)18)3-4-9(8)21(11)6-19-10/h3-6H,2H2,1H3. The molecule has 0 atom stereocenters. The van der Waals surface area contributed by atoms with Crippen LogP contribution in [0, 0.1) is 0 Å². The number of fused-ring (bicyclic) bond motifs is 3. The Morgan fingerprint density at radius 1 is 1.39 bits per heavy atom. The second-order valence-electron chi connectivity index (χ2n) is 4.64. The number of carbonyl (C=O) groups is 1. The molecule has 1 aromatic carbocycles. The molecule has 0 amide bonds. The number of alkyl halides is 3. The number of carbonyl (C=O) groups excluding carboxylic acids is 1. The fourth-order valence-corrected chi connectivity index (χ4v) is 2.50. The molecule has 2 heterocycles. The molecule has 0 unspecified atom stereocenters. The summed E-state index contributed by atoms with van der Waals surface area (Å²) in [6.45, 7) is 1.80. The minimum absolute atomic E-state index is 0.0360. The number of esters is 1. The fourth-order valence-electron chi connectivity index (χ4n) is 2.23. The van der Waals surface area contributed by atoms with Gasteiger partial charge in [-0.1, -0.05) is 11.6 Å². The van der Waals surface area contributed by atoms with Crippen LogP contribution in [0.3, 0.4) is 0 Å². The number of halogens is 4. The van der Waals surface area contributed by atoms with Gasteiger partial charge in [0.1, 0.15) is 11.8 Å². The molecule has 0 fully saturated rings. The maximum Gasteiger partial charge on any atom is 0.416 e. The molecule has 0 spiro atoms. The van der Waals surface area contributed by atoms with Gasteiger partial charge in [-0.25, -0.2) is 14.8 Å². The molecule has 0 bridgehead atoms. The molecule has 9 heteroatoms. The summed E-state index contributed by atoms with van der Waals surface area (Å²) in [4.78, 5) is 19.7. The minimum atomic E-state index is -4.48. The lowest BCUT2D eigenvalue weighted by molar-refractivity contribution is -0.137. The number of ether oxygens (including phenoxy) is 1. The molecule has 0 N–H and O–H groups in total. The molecule has 0 aliphatic heterocycles. The largest absolute Gasteiger partial charge is 0.461 e. The predicted molar refractivity (Wildman–Crippen MR) is 76.5 cm³/mol. The number of hydrogen-bond acceptors (Lipinski definition) is 4. The van der Waals surface area contributed by atoms with Gasteiger partial charge >= 0.3 is 12.1 Å². The van der Waals surface area contributed by atoms with E-state index in [1.54, 1.807) is 6.92 Å². The summed E-state index contributed by atoms with van der Waals surface area (Å²) in [5.41, 5.74) is -0.284. The van der Waals surface area contributed by atoms with E-state index < -0.39 is 17.7 Å². The van der Waals surface area contributed by atoms with Gasteiger partial charge in [-0.15, -0.1) is 0 Å². The van der Waals surface area contributed by atoms with Crippen LogP contribution in [0.1, 0.15) is 23.0 Å². The topological polar surface area (TPSA) is 56.5 Å². The summed E-state index contributed by atoms with van der Waals surface area (Å²) in [6, 6.07) is 3.08. The maximum atomic E-state index is 12.8. The lowest BCUT2D eigenvalue weighted by atomic mass is 10.2. The average Bonchev–Trinajstić information content (AvgIpc) is 2.92. The first-order valence-electron chi connectivity index (χ1n) is 6.53. The van der Waals surface area contributed by atoms with Crippen LogP contribution in [-0.4, -0.2) is 26.9 Å². The monoisotopic (exact) mass is 343 g/mol. The van der Waals surface area contributed by atoms with Crippen LogP contribution in [0.2, 0.25) is 5.15 Å². The molecular formula is C14H9ClF3N3O2. The highest BCUT2D eigenvalue weighted by Gasteiger charge is 2.31. The van der Waals surface area contributed by atoms with E-state index in [0.29, 0.717) is 5.52 Å². The summed E-state index contributed by atoms with van der Waals surface area (Å²) in [7, 11) is 0. The Morgan fingerprint density at radius 3 is 2.78 bits per heavy atom. The first-order chi connectivity index (χ1) is 10.8. The van der Waals surface area contributed by atoms with Gasteiger partial charge in [0.05, 0.1) is 23.2 Å². The van der Waals surface area contributed by atoms with E-state index in [-0.39, 0.29) is 28.5 Å². The van der Waals surface area contributed by atoms with Crippen LogP contribution in [0.5, 0.6) is 0 Å². The molecule has 0 aliphatic carbocycles. The number of nitrogens with zero attached hydrogens (tertiary/aromatic N) is 3. The van der Waals surface area contributed by atoms with Gasteiger partial charge in [0.25, 0.3) is 0 Å². The van der Waals surface area contributed by atoms with Gasteiger partial charge in [-0.05, 0) is 25.1 Å². The first-order valence-corrected chi connectivity index (χ1v) is 6.91. The maximum absolute atomic E-state index is 12.8. The Kier molecular flexibility index (Phi) is 3.63.